The zero-order valence-corrected chi connectivity index (χ0v) is 7.33. The first-order chi connectivity index (χ1) is 5.96. The standard InChI is InChI=1S/C8H10F2N2O/c1-5-6(12-4-3-11-5)8(2,13)7(9)10/h3-4,7,13H,1-2H3. The lowest BCUT2D eigenvalue weighted by molar-refractivity contribution is -0.0917. The fourth-order valence-electron chi connectivity index (χ4n) is 1.01. The summed E-state index contributed by atoms with van der Waals surface area (Å²) < 4.78 is 24.7. The Morgan fingerprint density at radius 2 is 1.92 bits per heavy atom. The second kappa shape index (κ2) is 3.33. The molecule has 1 heterocycles. The lowest BCUT2D eigenvalue weighted by Gasteiger charge is -2.22. The molecular weight excluding hydrogens is 178 g/mol. The van der Waals surface area contributed by atoms with Gasteiger partial charge in [-0.15, -0.1) is 0 Å². The molecule has 1 unspecified atom stereocenters. The Labute approximate surface area is 74.5 Å². The topological polar surface area (TPSA) is 46.0 Å². The highest BCUT2D eigenvalue weighted by Gasteiger charge is 2.37. The first kappa shape index (κ1) is 9.98. The van der Waals surface area contributed by atoms with Gasteiger partial charge < -0.3 is 5.11 Å². The number of rotatable bonds is 2. The van der Waals surface area contributed by atoms with Gasteiger partial charge in [-0.05, 0) is 13.8 Å². The average molecular weight is 188 g/mol. The number of aliphatic hydroxyl groups is 1. The number of hydrogen-bond donors (Lipinski definition) is 1. The summed E-state index contributed by atoms with van der Waals surface area (Å²) in [7, 11) is 0. The third-order valence-electron chi connectivity index (χ3n) is 1.79. The number of aromatic nitrogens is 2. The van der Waals surface area contributed by atoms with Crippen molar-refractivity contribution >= 4 is 0 Å². The van der Waals surface area contributed by atoms with E-state index < -0.39 is 12.0 Å². The maximum atomic E-state index is 12.4. The summed E-state index contributed by atoms with van der Waals surface area (Å²) in [6.07, 6.45) is -0.206. The van der Waals surface area contributed by atoms with E-state index in [1.807, 2.05) is 0 Å². The second-order valence-corrected chi connectivity index (χ2v) is 2.94. The molecule has 0 saturated heterocycles. The molecule has 0 aliphatic rings. The summed E-state index contributed by atoms with van der Waals surface area (Å²) in [6, 6.07) is 0. The van der Waals surface area contributed by atoms with E-state index in [1.54, 1.807) is 0 Å². The molecule has 72 valence electrons. The van der Waals surface area contributed by atoms with Crippen LogP contribution in [-0.2, 0) is 5.60 Å². The second-order valence-electron chi connectivity index (χ2n) is 2.94. The minimum atomic E-state index is -2.87. The van der Waals surface area contributed by atoms with E-state index in [4.69, 9.17) is 0 Å². The van der Waals surface area contributed by atoms with Crippen LogP contribution in [0.5, 0.6) is 0 Å². The van der Waals surface area contributed by atoms with E-state index in [0.717, 1.165) is 6.92 Å². The third kappa shape index (κ3) is 1.80. The van der Waals surface area contributed by atoms with E-state index in [0.29, 0.717) is 5.69 Å². The van der Waals surface area contributed by atoms with Crippen molar-refractivity contribution in [3.05, 3.63) is 23.8 Å². The first-order valence-electron chi connectivity index (χ1n) is 3.75. The fraction of sp³-hybridized carbons (Fsp3) is 0.500. The summed E-state index contributed by atoms with van der Waals surface area (Å²) in [5.41, 5.74) is -1.99. The van der Waals surface area contributed by atoms with E-state index in [1.165, 1.54) is 19.3 Å². The minimum absolute atomic E-state index is 0.0787. The van der Waals surface area contributed by atoms with Crippen LogP contribution in [0.25, 0.3) is 0 Å². The van der Waals surface area contributed by atoms with Gasteiger partial charge in [-0.3, -0.25) is 9.97 Å². The zero-order valence-electron chi connectivity index (χ0n) is 7.33. The SMILES string of the molecule is Cc1nccnc1C(C)(O)C(F)F. The molecular formula is C8H10F2N2O. The van der Waals surface area contributed by atoms with Crippen LogP contribution in [-0.4, -0.2) is 21.5 Å². The van der Waals surface area contributed by atoms with Crippen molar-refractivity contribution in [1.29, 1.82) is 0 Å². The highest BCUT2D eigenvalue weighted by atomic mass is 19.3. The smallest absolute Gasteiger partial charge is 0.272 e. The van der Waals surface area contributed by atoms with Crippen LogP contribution in [0.2, 0.25) is 0 Å². The Balaban J connectivity index is 3.14. The van der Waals surface area contributed by atoms with Crippen molar-refractivity contribution in [2.75, 3.05) is 0 Å². The molecule has 13 heavy (non-hydrogen) atoms. The van der Waals surface area contributed by atoms with Crippen molar-refractivity contribution in [2.24, 2.45) is 0 Å². The van der Waals surface area contributed by atoms with Gasteiger partial charge >= 0.3 is 0 Å². The number of alkyl halides is 2. The Morgan fingerprint density at radius 3 is 2.38 bits per heavy atom. The van der Waals surface area contributed by atoms with Gasteiger partial charge in [-0.1, -0.05) is 0 Å². The molecule has 1 atom stereocenters. The summed E-state index contributed by atoms with van der Waals surface area (Å²) in [6.45, 7) is 2.55. The molecule has 0 spiro atoms. The molecule has 0 fully saturated rings. The predicted octanol–water partition coefficient (Wildman–Crippen LogP) is 1.26. The molecule has 3 nitrogen and oxygen atoms in total. The van der Waals surface area contributed by atoms with Crippen molar-refractivity contribution in [2.45, 2.75) is 25.9 Å². The molecule has 1 aromatic rings. The van der Waals surface area contributed by atoms with Gasteiger partial charge in [0.15, 0.2) is 5.60 Å². The summed E-state index contributed by atoms with van der Waals surface area (Å²) >= 11 is 0. The van der Waals surface area contributed by atoms with Crippen molar-refractivity contribution in [3.63, 3.8) is 0 Å². The van der Waals surface area contributed by atoms with E-state index in [-0.39, 0.29) is 5.69 Å². The van der Waals surface area contributed by atoms with Crippen LogP contribution >= 0.6 is 0 Å². The van der Waals surface area contributed by atoms with Gasteiger partial charge in [0.25, 0.3) is 6.43 Å². The number of aryl methyl sites for hydroxylation is 1. The lowest BCUT2D eigenvalue weighted by Crippen LogP contribution is -2.32. The van der Waals surface area contributed by atoms with Gasteiger partial charge in [-0.25, -0.2) is 8.78 Å². The molecule has 0 saturated carbocycles. The minimum Gasteiger partial charge on any atom is -0.378 e. The van der Waals surface area contributed by atoms with Crippen LogP contribution in [0.4, 0.5) is 8.78 Å². The molecule has 5 heteroatoms. The monoisotopic (exact) mass is 188 g/mol. The van der Waals surface area contributed by atoms with Crippen LogP contribution in [0.1, 0.15) is 18.3 Å². The maximum absolute atomic E-state index is 12.4. The quantitative estimate of drug-likeness (QED) is 0.759. The number of halogens is 2. The van der Waals surface area contributed by atoms with Gasteiger partial charge in [0.05, 0.1) is 11.4 Å². The normalized spacial score (nSPS) is 15.8. The summed E-state index contributed by atoms with van der Waals surface area (Å²) in [4.78, 5) is 7.45. The molecule has 0 amide bonds. The average Bonchev–Trinajstić information content (AvgIpc) is 2.04. The van der Waals surface area contributed by atoms with Crippen molar-refractivity contribution < 1.29 is 13.9 Å². The lowest BCUT2D eigenvalue weighted by atomic mass is 10.0. The molecule has 1 N–H and O–H groups in total. The van der Waals surface area contributed by atoms with E-state index in [9.17, 15) is 13.9 Å². The highest BCUT2D eigenvalue weighted by Crippen LogP contribution is 2.27. The Morgan fingerprint density at radius 1 is 1.38 bits per heavy atom. The van der Waals surface area contributed by atoms with Crippen LogP contribution < -0.4 is 0 Å². The largest absolute Gasteiger partial charge is 0.378 e. The van der Waals surface area contributed by atoms with Gasteiger partial charge in [0.1, 0.15) is 0 Å². The van der Waals surface area contributed by atoms with E-state index in [2.05, 4.69) is 9.97 Å². The van der Waals surface area contributed by atoms with Crippen LogP contribution in [0.15, 0.2) is 12.4 Å². The molecule has 1 rings (SSSR count). The molecule has 1 aromatic heterocycles. The third-order valence-corrected chi connectivity index (χ3v) is 1.79. The first-order valence-corrected chi connectivity index (χ1v) is 3.75. The van der Waals surface area contributed by atoms with Crippen LogP contribution in [0.3, 0.4) is 0 Å². The summed E-state index contributed by atoms with van der Waals surface area (Å²) in [5, 5.41) is 9.39. The Kier molecular flexibility index (Phi) is 2.56. The summed E-state index contributed by atoms with van der Waals surface area (Å²) in [5.74, 6) is 0. The van der Waals surface area contributed by atoms with Gasteiger partial charge in [0.2, 0.25) is 0 Å². The van der Waals surface area contributed by atoms with Crippen molar-refractivity contribution in [3.8, 4) is 0 Å². The number of hydrogen-bond acceptors (Lipinski definition) is 3. The predicted molar refractivity (Wildman–Crippen MR) is 42.3 cm³/mol. The fourth-order valence-corrected chi connectivity index (χ4v) is 1.01. The Bertz CT molecular complexity index is 302. The molecule has 0 aliphatic carbocycles. The Hall–Kier alpha value is -1.10. The highest BCUT2D eigenvalue weighted by molar-refractivity contribution is 5.17. The molecule has 0 aliphatic heterocycles. The number of nitrogens with zero attached hydrogens (tertiary/aromatic N) is 2. The zero-order chi connectivity index (χ0) is 10.1. The molecule has 0 aromatic carbocycles. The van der Waals surface area contributed by atoms with Gasteiger partial charge in [0, 0.05) is 12.4 Å². The van der Waals surface area contributed by atoms with Crippen molar-refractivity contribution in [1.82, 2.24) is 9.97 Å². The molecule has 0 radical (unpaired) electrons. The van der Waals surface area contributed by atoms with Gasteiger partial charge in [-0.2, -0.15) is 0 Å². The van der Waals surface area contributed by atoms with E-state index >= 15 is 0 Å². The van der Waals surface area contributed by atoms with Crippen LogP contribution in [0, 0.1) is 6.92 Å². The molecule has 0 bridgehead atoms. The maximum Gasteiger partial charge on any atom is 0.272 e.